The van der Waals surface area contributed by atoms with E-state index >= 15 is 0 Å². The first-order valence-corrected chi connectivity index (χ1v) is 6.12. The summed E-state index contributed by atoms with van der Waals surface area (Å²) in [5.74, 6) is 0.637. The third kappa shape index (κ3) is 1.82. The standard InChI is InChI=1S/C15H19N/c1-4-12(5-2)15-10-16-11(3)13-8-6-7-9-14(13)15/h6-10,12H,4-5H2,1-3H3. The lowest BCUT2D eigenvalue weighted by atomic mass is 9.91. The molecular weight excluding hydrogens is 194 g/mol. The first-order chi connectivity index (χ1) is 7.77. The van der Waals surface area contributed by atoms with Gasteiger partial charge in [-0.1, -0.05) is 38.1 Å². The van der Waals surface area contributed by atoms with Crippen molar-refractivity contribution in [2.75, 3.05) is 0 Å². The van der Waals surface area contributed by atoms with Crippen LogP contribution in [-0.2, 0) is 0 Å². The summed E-state index contributed by atoms with van der Waals surface area (Å²) in [6, 6.07) is 8.60. The van der Waals surface area contributed by atoms with E-state index in [-0.39, 0.29) is 0 Å². The molecule has 0 spiro atoms. The Bertz CT molecular complexity index is 484. The highest BCUT2D eigenvalue weighted by molar-refractivity contribution is 5.87. The second kappa shape index (κ2) is 4.65. The van der Waals surface area contributed by atoms with Gasteiger partial charge in [0.25, 0.3) is 0 Å². The molecule has 1 aromatic carbocycles. The summed E-state index contributed by atoms with van der Waals surface area (Å²) in [5.41, 5.74) is 2.54. The first kappa shape index (κ1) is 11.1. The molecule has 0 aliphatic carbocycles. The molecule has 0 bridgehead atoms. The van der Waals surface area contributed by atoms with Crippen molar-refractivity contribution in [1.29, 1.82) is 0 Å². The monoisotopic (exact) mass is 213 g/mol. The second-order valence-electron chi connectivity index (χ2n) is 4.36. The van der Waals surface area contributed by atoms with Gasteiger partial charge in [-0.05, 0) is 36.6 Å². The lowest BCUT2D eigenvalue weighted by molar-refractivity contribution is 0.644. The summed E-state index contributed by atoms with van der Waals surface area (Å²) in [7, 11) is 0. The molecule has 1 nitrogen and oxygen atoms in total. The number of hydrogen-bond acceptors (Lipinski definition) is 1. The van der Waals surface area contributed by atoms with Crippen molar-refractivity contribution in [1.82, 2.24) is 4.98 Å². The largest absolute Gasteiger partial charge is 0.261 e. The number of benzene rings is 1. The molecule has 16 heavy (non-hydrogen) atoms. The zero-order valence-electron chi connectivity index (χ0n) is 10.3. The van der Waals surface area contributed by atoms with E-state index < -0.39 is 0 Å². The fourth-order valence-corrected chi connectivity index (χ4v) is 2.41. The van der Waals surface area contributed by atoms with Crippen molar-refractivity contribution in [3.05, 3.63) is 41.7 Å². The Morgan fingerprint density at radius 3 is 2.31 bits per heavy atom. The van der Waals surface area contributed by atoms with Crippen LogP contribution in [0, 0.1) is 6.92 Å². The van der Waals surface area contributed by atoms with Crippen molar-refractivity contribution < 1.29 is 0 Å². The number of aryl methyl sites for hydroxylation is 1. The van der Waals surface area contributed by atoms with Crippen molar-refractivity contribution in [2.24, 2.45) is 0 Å². The van der Waals surface area contributed by atoms with Gasteiger partial charge >= 0.3 is 0 Å². The van der Waals surface area contributed by atoms with E-state index in [1.165, 1.54) is 29.2 Å². The van der Waals surface area contributed by atoms with Crippen LogP contribution in [0.2, 0.25) is 0 Å². The fourth-order valence-electron chi connectivity index (χ4n) is 2.41. The molecule has 0 aliphatic rings. The maximum absolute atomic E-state index is 4.52. The van der Waals surface area contributed by atoms with Gasteiger partial charge in [-0.2, -0.15) is 0 Å². The predicted molar refractivity (Wildman–Crippen MR) is 69.8 cm³/mol. The predicted octanol–water partition coefficient (Wildman–Crippen LogP) is 4.45. The van der Waals surface area contributed by atoms with Gasteiger partial charge in [-0.15, -0.1) is 0 Å². The van der Waals surface area contributed by atoms with Gasteiger partial charge in [0, 0.05) is 17.3 Å². The quantitative estimate of drug-likeness (QED) is 0.734. The average Bonchev–Trinajstić information content (AvgIpc) is 2.34. The number of fused-ring (bicyclic) bond motifs is 1. The minimum absolute atomic E-state index is 0.637. The third-order valence-corrected chi connectivity index (χ3v) is 3.45. The Kier molecular flexibility index (Phi) is 3.23. The van der Waals surface area contributed by atoms with Gasteiger partial charge in [0.1, 0.15) is 0 Å². The van der Waals surface area contributed by atoms with E-state index in [9.17, 15) is 0 Å². The van der Waals surface area contributed by atoms with Crippen molar-refractivity contribution in [3.8, 4) is 0 Å². The maximum Gasteiger partial charge on any atom is 0.0451 e. The van der Waals surface area contributed by atoms with Crippen LogP contribution in [0.25, 0.3) is 10.8 Å². The van der Waals surface area contributed by atoms with E-state index in [0.29, 0.717) is 5.92 Å². The molecule has 84 valence electrons. The minimum atomic E-state index is 0.637. The molecule has 0 saturated carbocycles. The van der Waals surface area contributed by atoms with Crippen molar-refractivity contribution >= 4 is 10.8 Å². The van der Waals surface area contributed by atoms with Gasteiger partial charge in [0.2, 0.25) is 0 Å². The van der Waals surface area contributed by atoms with Crippen LogP contribution in [0.4, 0.5) is 0 Å². The van der Waals surface area contributed by atoms with Crippen LogP contribution in [0.3, 0.4) is 0 Å². The Labute approximate surface area is 97.5 Å². The summed E-state index contributed by atoms with van der Waals surface area (Å²) < 4.78 is 0. The van der Waals surface area contributed by atoms with Gasteiger partial charge in [0.15, 0.2) is 0 Å². The van der Waals surface area contributed by atoms with Crippen LogP contribution >= 0.6 is 0 Å². The Morgan fingerprint density at radius 2 is 1.69 bits per heavy atom. The SMILES string of the molecule is CCC(CC)c1cnc(C)c2ccccc12. The van der Waals surface area contributed by atoms with Gasteiger partial charge in [0.05, 0.1) is 0 Å². The molecule has 2 aromatic rings. The smallest absolute Gasteiger partial charge is 0.0451 e. The molecular formula is C15H19N. The van der Waals surface area contributed by atoms with Crippen molar-refractivity contribution in [2.45, 2.75) is 39.5 Å². The molecule has 0 unspecified atom stereocenters. The zero-order chi connectivity index (χ0) is 11.5. The van der Waals surface area contributed by atoms with Crippen molar-refractivity contribution in [3.63, 3.8) is 0 Å². The summed E-state index contributed by atoms with van der Waals surface area (Å²) in [6.45, 7) is 6.59. The van der Waals surface area contributed by atoms with E-state index in [0.717, 1.165) is 5.69 Å². The van der Waals surface area contributed by atoms with Crippen LogP contribution in [0.15, 0.2) is 30.5 Å². The molecule has 1 heteroatoms. The number of hydrogen-bond donors (Lipinski definition) is 0. The highest BCUT2D eigenvalue weighted by Crippen LogP contribution is 2.30. The van der Waals surface area contributed by atoms with E-state index in [4.69, 9.17) is 0 Å². The lowest BCUT2D eigenvalue weighted by Gasteiger charge is -2.16. The highest BCUT2D eigenvalue weighted by atomic mass is 14.7. The summed E-state index contributed by atoms with van der Waals surface area (Å²) in [4.78, 5) is 4.52. The number of pyridine rings is 1. The molecule has 0 aliphatic heterocycles. The van der Waals surface area contributed by atoms with Gasteiger partial charge in [-0.25, -0.2) is 0 Å². The molecule has 0 atom stereocenters. The van der Waals surface area contributed by atoms with Gasteiger partial charge in [-0.3, -0.25) is 4.98 Å². The van der Waals surface area contributed by atoms with Crippen LogP contribution < -0.4 is 0 Å². The second-order valence-corrected chi connectivity index (χ2v) is 4.36. The topological polar surface area (TPSA) is 12.9 Å². The number of nitrogens with zero attached hydrogens (tertiary/aromatic N) is 1. The summed E-state index contributed by atoms with van der Waals surface area (Å²) in [5, 5.41) is 2.68. The van der Waals surface area contributed by atoms with Crippen LogP contribution in [0.1, 0.15) is 43.9 Å². The molecule has 1 aromatic heterocycles. The summed E-state index contributed by atoms with van der Waals surface area (Å²) in [6.07, 6.45) is 4.44. The molecule has 0 radical (unpaired) electrons. The Balaban J connectivity index is 2.66. The van der Waals surface area contributed by atoms with E-state index in [1.807, 2.05) is 0 Å². The third-order valence-electron chi connectivity index (χ3n) is 3.45. The number of rotatable bonds is 3. The average molecular weight is 213 g/mol. The molecule has 0 N–H and O–H groups in total. The molecule has 2 rings (SSSR count). The highest BCUT2D eigenvalue weighted by Gasteiger charge is 2.11. The zero-order valence-corrected chi connectivity index (χ0v) is 10.3. The van der Waals surface area contributed by atoms with Gasteiger partial charge < -0.3 is 0 Å². The molecule has 0 amide bonds. The minimum Gasteiger partial charge on any atom is -0.261 e. The molecule has 0 saturated heterocycles. The normalized spacial score (nSPS) is 11.2. The summed E-state index contributed by atoms with van der Waals surface area (Å²) >= 11 is 0. The molecule has 1 heterocycles. The van der Waals surface area contributed by atoms with E-state index in [1.54, 1.807) is 0 Å². The van der Waals surface area contributed by atoms with Crippen LogP contribution in [-0.4, -0.2) is 4.98 Å². The maximum atomic E-state index is 4.52. The lowest BCUT2D eigenvalue weighted by Crippen LogP contribution is -1.99. The Hall–Kier alpha value is -1.37. The first-order valence-electron chi connectivity index (χ1n) is 6.12. The van der Waals surface area contributed by atoms with Crippen LogP contribution in [0.5, 0.6) is 0 Å². The van der Waals surface area contributed by atoms with E-state index in [2.05, 4.69) is 56.2 Å². The number of aromatic nitrogens is 1. The Morgan fingerprint density at radius 1 is 1.06 bits per heavy atom. The fraction of sp³-hybridized carbons (Fsp3) is 0.400. The molecule has 0 fully saturated rings.